The van der Waals surface area contributed by atoms with Crippen LogP contribution in [0.1, 0.15) is 24.5 Å². The van der Waals surface area contributed by atoms with E-state index in [4.69, 9.17) is 5.73 Å². The molecule has 1 unspecified atom stereocenters. The van der Waals surface area contributed by atoms with E-state index in [-0.39, 0.29) is 11.7 Å². The third-order valence-corrected chi connectivity index (χ3v) is 3.16. The van der Waals surface area contributed by atoms with Crippen LogP contribution in [0.5, 0.6) is 0 Å². The van der Waals surface area contributed by atoms with Crippen molar-refractivity contribution in [1.82, 2.24) is 4.90 Å². The molecule has 3 nitrogen and oxygen atoms in total. The molecule has 2 rings (SSSR count). The highest BCUT2D eigenvalue weighted by molar-refractivity contribution is 5.78. The largest absolute Gasteiger partial charge is 0.338 e. The van der Waals surface area contributed by atoms with Crippen molar-refractivity contribution in [2.45, 2.75) is 26.4 Å². The predicted molar refractivity (Wildman–Crippen MR) is 63.5 cm³/mol. The zero-order valence-electron chi connectivity index (χ0n) is 9.95. The molecule has 4 heteroatoms. The molecule has 2 N–H and O–H groups in total. The van der Waals surface area contributed by atoms with Gasteiger partial charge in [0.25, 0.3) is 0 Å². The number of nitrogens with two attached hydrogens (primary N) is 1. The lowest BCUT2D eigenvalue weighted by molar-refractivity contribution is -0.128. The van der Waals surface area contributed by atoms with Crippen LogP contribution in [0.3, 0.4) is 0 Å². The number of hydrogen-bond donors (Lipinski definition) is 1. The topological polar surface area (TPSA) is 46.3 Å². The van der Waals surface area contributed by atoms with Gasteiger partial charge in [0.15, 0.2) is 0 Å². The molecule has 1 aliphatic rings. The molecule has 1 aromatic rings. The number of nitrogens with zero attached hydrogens (tertiary/aromatic N) is 1. The van der Waals surface area contributed by atoms with Crippen molar-refractivity contribution in [3.05, 3.63) is 35.1 Å². The maximum atomic E-state index is 13.1. The summed E-state index contributed by atoms with van der Waals surface area (Å²) in [5, 5.41) is 0. The molecule has 17 heavy (non-hydrogen) atoms. The van der Waals surface area contributed by atoms with Crippen LogP contribution >= 0.6 is 0 Å². The fraction of sp³-hybridized carbons (Fsp3) is 0.462. The van der Waals surface area contributed by atoms with Gasteiger partial charge in [-0.15, -0.1) is 0 Å². The molecule has 1 aliphatic heterocycles. The maximum absolute atomic E-state index is 13.1. The van der Waals surface area contributed by atoms with Gasteiger partial charge in [0.05, 0.1) is 0 Å². The molecule has 0 aliphatic carbocycles. The quantitative estimate of drug-likeness (QED) is 0.867. The Morgan fingerprint density at radius 3 is 2.82 bits per heavy atom. The summed E-state index contributed by atoms with van der Waals surface area (Å²) >= 11 is 0. The van der Waals surface area contributed by atoms with Crippen LogP contribution < -0.4 is 5.73 Å². The average molecular weight is 236 g/mol. The molecule has 92 valence electrons. The number of amides is 1. The lowest BCUT2D eigenvalue weighted by atomic mass is 10.1. The monoisotopic (exact) mass is 236 g/mol. The number of carbonyl (C=O) groups is 1. The summed E-state index contributed by atoms with van der Waals surface area (Å²) in [5.41, 5.74) is 7.30. The van der Waals surface area contributed by atoms with Gasteiger partial charge in [-0.2, -0.15) is 0 Å². The number of rotatable bonds is 3. The van der Waals surface area contributed by atoms with Crippen LogP contribution in [0.2, 0.25) is 0 Å². The number of halogens is 1. The van der Waals surface area contributed by atoms with Crippen molar-refractivity contribution < 1.29 is 9.18 Å². The molecule has 1 fully saturated rings. The molecule has 0 aromatic heterocycles. The van der Waals surface area contributed by atoms with Gasteiger partial charge in [0.2, 0.25) is 5.91 Å². The molecular weight excluding hydrogens is 219 g/mol. The number of hydrogen-bond acceptors (Lipinski definition) is 2. The number of benzene rings is 1. The number of carbonyl (C=O) groups excluding carboxylic acids is 1. The van der Waals surface area contributed by atoms with Crippen LogP contribution in [0.15, 0.2) is 18.2 Å². The van der Waals surface area contributed by atoms with Crippen molar-refractivity contribution in [2.75, 3.05) is 6.54 Å². The first-order valence-corrected chi connectivity index (χ1v) is 5.85. The summed E-state index contributed by atoms with van der Waals surface area (Å²) in [7, 11) is 0. The van der Waals surface area contributed by atoms with E-state index in [1.54, 1.807) is 6.07 Å². The Labute approximate surface area is 100 Å². The van der Waals surface area contributed by atoms with E-state index in [1.807, 2.05) is 4.90 Å². The maximum Gasteiger partial charge on any atom is 0.223 e. The molecule has 1 aromatic carbocycles. The standard InChI is InChI=1S/C13H17FN2O/c1-9-4-13(17)16(7-9)8-10-2-3-12(14)5-11(10)6-15/h2-3,5,9H,4,6-8,15H2,1H3. The summed E-state index contributed by atoms with van der Waals surface area (Å²) in [5.74, 6) is 0.296. The van der Waals surface area contributed by atoms with E-state index in [0.29, 0.717) is 25.4 Å². The normalized spacial score (nSPS) is 20.1. The highest BCUT2D eigenvalue weighted by atomic mass is 19.1. The van der Waals surface area contributed by atoms with Crippen LogP contribution in [0.25, 0.3) is 0 Å². The molecule has 1 saturated heterocycles. The van der Waals surface area contributed by atoms with Gasteiger partial charge in [-0.05, 0) is 29.2 Å². The summed E-state index contributed by atoms with van der Waals surface area (Å²) < 4.78 is 13.1. The molecule has 1 amide bonds. The Balaban J connectivity index is 2.16. The second-order valence-electron chi connectivity index (χ2n) is 4.70. The lowest BCUT2D eigenvalue weighted by Crippen LogP contribution is -2.25. The lowest BCUT2D eigenvalue weighted by Gasteiger charge is -2.18. The Hall–Kier alpha value is -1.42. The van der Waals surface area contributed by atoms with Gasteiger partial charge < -0.3 is 10.6 Å². The van der Waals surface area contributed by atoms with Crippen molar-refractivity contribution in [2.24, 2.45) is 11.7 Å². The Morgan fingerprint density at radius 1 is 1.47 bits per heavy atom. The third-order valence-electron chi connectivity index (χ3n) is 3.16. The highest BCUT2D eigenvalue weighted by Crippen LogP contribution is 2.21. The summed E-state index contributed by atoms with van der Waals surface area (Å²) in [4.78, 5) is 13.5. The Bertz CT molecular complexity index is 433. The number of likely N-dealkylation sites (tertiary alicyclic amines) is 1. The van der Waals surface area contributed by atoms with E-state index in [0.717, 1.165) is 17.7 Å². The fourth-order valence-corrected chi connectivity index (χ4v) is 2.27. The van der Waals surface area contributed by atoms with Gasteiger partial charge in [0.1, 0.15) is 5.82 Å². The van der Waals surface area contributed by atoms with E-state index in [2.05, 4.69) is 6.92 Å². The van der Waals surface area contributed by atoms with Crippen molar-refractivity contribution >= 4 is 5.91 Å². The van der Waals surface area contributed by atoms with Crippen molar-refractivity contribution in [1.29, 1.82) is 0 Å². The molecule has 0 radical (unpaired) electrons. The SMILES string of the molecule is CC1CC(=O)N(Cc2ccc(F)cc2CN)C1. The van der Waals surface area contributed by atoms with Gasteiger partial charge in [0, 0.05) is 26.1 Å². The minimum Gasteiger partial charge on any atom is -0.338 e. The van der Waals surface area contributed by atoms with Crippen LogP contribution in [0.4, 0.5) is 4.39 Å². The van der Waals surface area contributed by atoms with E-state index < -0.39 is 0 Å². The summed E-state index contributed by atoms with van der Waals surface area (Å²) in [6.07, 6.45) is 0.610. The Morgan fingerprint density at radius 2 is 2.24 bits per heavy atom. The summed E-state index contributed by atoms with van der Waals surface area (Å²) in [6.45, 7) is 3.67. The molecule has 0 spiro atoms. The minimum atomic E-state index is -0.282. The first kappa shape index (κ1) is 12.0. The van der Waals surface area contributed by atoms with Gasteiger partial charge in [-0.25, -0.2) is 4.39 Å². The van der Waals surface area contributed by atoms with Crippen LogP contribution in [-0.2, 0) is 17.9 Å². The van der Waals surface area contributed by atoms with Crippen molar-refractivity contribution in [3.8, 4) is 0 Å². The van der Waals surface area contributed by atoms with Crippen molar-refractivity contribution in [3.63, 3.8) is 0 Å². The first-order chi connectivity index (χ1) is 8.10. The van der Waals surface area contributed by atoms with Gasteiger partial charge in [-0.1, -0.05) is 13.0 Å². The molecule has 0 bridgehead atoms. The fourth-order valence-electron chi connectivity index (χ4n) is 2.27. The van der Waals surface area contributed by atoms with Gasteiger partial charge >= 0.3 is 0 Å². The predicted octanol–water partition coefficient (Wildman–Crippen LogP) is 1.65. The molecule has 1 heterocycles. The molecule has 1 atom stereocenters. The Kier molecular flexibility index (Phi) is 3.43. The van der Waals surface area contributed by atoms with E-state index in [1.165, 1.54) is 12.1 Å². The van der Waals surface area contributed by atoms with E-state index >= 15 is 0 Å². The minimum absolute atomic E-state index is 0.171. The molecular formula is C13H17FN2O. The zero-order valence-corrected chi connectivity index (χ0v) is 9.95. The zero-order chi connectivity index (χ0) is 12.4. The first-order valence-electron chi connectivity index (χ1n) is 5.85. The second-order valence-corrected chi connectivity index (χ2v) is 4.70. The second kappa shape index (κ2) is 4.84. The van der Waals surface area contributed by atoms with Gasteiger partial charge in [-0.3, -0.25) is 4.79 Å². The average Bonchev–Trinajstić information content (AvgIpc) is 2.60. The van der Waals surface area contributed by atoms with E-state index in [9.17, 15) is 9.18 Å². The highest BCUT2D eigenvalue weighted by Gasteiger charge is 2.26. The summed E-state index contributed by atoms with van der Waals surface area (Å²) in [6, 6.07) is 4.57. The van der Waals surface area contributed by atoms with Crippen LogP contribution in [-0.4, -0.2) is 17.4 Å². The molecule has 0 saturated carbocycles. The smallest absolute Gasteiger partial charge is 0.223 e. The third kappa shape index (κ3) is 2.64. The van der Waals surface area contributed by atoms with Crippen LogP contribution in [0, 0.1) is 11.7 Å².